The molecule has 3 nitrogen and oxygen atoms in total. The van der Waals surface area contributed by atoms with Gasteiger partial charge in [0.2, 0.25) is 0 Å². The van der Waals surface area contributed by atoms with Crippen molar-refractivity contribution in [1.82, 2.24) is 14.9 Å². The fourth-order valence-electron chi connectivity index (χ4n) is 2.69. The van der Waals surface area contributed by atoms with E-state index in [2.05, 4.69) is 31.1 Å². The molecule has 0 radical (unpaired) electrons. The summed E-state index contributed by atoms with van der Waals surface area (Å²) in [5, 5.41) is 3.55. The number of imidazole rings is 1. The van der Waals surface area contributed by atoms with E-state index in [9.17, 15) is 4.39 Å². The molecule has 2 aromatic rings. The Labute approximate surface area is 126 Å². The number of aryl methyl sites for hydroxylation is 1. The molecule has 0 saturated heterocycles. The van der Waals surface area contributed by atoms with E-state index >= 15 is 0 Å². The SMILES string of the molecule is CCNC(Cc1nccn1C)C(C)(C)c1ccc(F)cc1. The number of hydrogen-bond donors (Lipinski definition) is 1. The van der Waals surface area contributed by atoms with Crippen LogP contribution in [0.3, 0.4) is 0 Å². The predicted molar refractivity (Wildman–Crippen MR) is 83.8 cm³/mol. The van der Waals surface area contributed by atoms with E-state index in [-0.39, 0.29) is 17.3 Å². The molecule has 114 valence electrons. The molecule has 21 heavy (non-hydrogen) atoms. The van der Waals surface area contributed by atoms with Gasteiger partial charge in [0.1, 0.15) is 11.6 Å². The van der Waals surface area contributed by atoms with E-state index < -0.39 is 0 Å². The van der Waals surface area contributed by atoms with Crippen LogP contribution in [0.5, 0.6) is 0 Å². The summed E-state index contributed by atoms with van der Waals surface area (Å²) in [5.41, 5.74) is 1.01. The number of nitrogens with one attached hydrogen (secondary N) is 1. The van der Waals surface area contributed by atoms with Crippen LogP contribution < -0.4 is 5.32 Å². The molecule has 2 rings (SSSR count). The van der Waals surface area contributed by atoms with Crippen LogP contribution >= 0.6 is 0 Å². The first kappa shape index (κ1) is 15.7. The third-order valence-electron chi connectivity index (χ3n) is 4.22. The molecule has 1 atom stereocenters. The second-order valence-electron chi connectivity index (χ2n) is 6.00. The van der Waals surface area contributed by atoms with Crippen molar-refractivity contribution in [3.8, 4) is 0 Å². The highest BCUT2D eigenvalue weighted by Crippen LogP contribution is 2.29. The minimum atomic E-state index is -0.196. The zero-order valence-corrected chi connectivity index (χ0v) is 13.2. The molecule has 1 heterocycles. The first-order valence-electron chi connectivity index (χ1n) is 7.40. The third kappa shape index (κ3) is 3.50. The highest BCUT2D eigenvalue weighted by molar-refractivity contribution is 5.27. The summed E-state index contributed by atoms with van der Waals surface area (Å²) in [6.07, 6.45) is 4.62. The zero-order chi connectivity index (χ0) is 15.5. The minimum absolute atomic E-state index is 0.115. The van der Waals surface area contributed by atoms with Crippen molar-refractivity contribution in [1.29, 1.82) is 0 Å². The molecule has 0 bridgehead atoms. The van der Waals surface area contributed by atoms with Crippen LogP contribution in [0.4, 0.5) is 4.39 Å². The van der Waals surface area contributed by atoms with Gasteiger partial charge in [-0.05, 0) is 24.2 Å². The Morgan fingerprint density at radius 1 is 1.29 bits per heavy atom. The van der Waals surface area contributed by atoms with Crippen molar-refractivity contribution in [3.63, 3.8) is 0 Å². The topological polar surface area (TPSA) is 29.9 Å². The summed E-state index contributed by atoms with van der Waals surface area (Å²) in [5.74, 6) is 0.856. The Kier molecular flexibility index (Phi) is 4.78. The summed E-state index contributed by atoms with van der Waals surface area (Å²) in [6.45, 7) is 7.37. The molecule has 0 aliphatic rings. The van der Waals surface area contributed by atoms with Gasteiger partial charge in [-0.1, -0.05) is 32.9 Å². The average Bonchev–Trinajstić information content (AvgIpc) is 2.84. The summed E-state index contributed by atoms with van der Waals surface area (Å²) in [6, 6.07) is 7.03. The summed E-state index contributed by atoms with van der Waals surface area (Å²) < 4.78 is 15.2. The van der Waals surface area contributed by atoms with Gasteiger partial charge in [-0.2, -0.15) is 0 Å². The highest BCUT2D eigenvalue weighted by atomic mass is 19.1. The maximum absolute atomic E-state index is 13.2. The number of benzene rings is 1. The van der Waals surface area contributed by atoms with E-state index in [1.165, 1.54) is 12.1 Å². The Hall–Kier alpha value is -1.68. The highest BCUT2D eigenvalue weighted by Gasteiger charge is 2.31. The Balaban J connectivity index is 2.27. The number of nitrogens with zero attached hydrogens (tertiary/aromatic N) is 2. The van der Waals surface area contributed by atoms with Crippen LogP contribution in [-0.2, 0) is 18.9 Å². The maximum atomic E-state index is 13.2. The normalized spacial score (nSPS) is 13.4. The largest absolute Gasteiger partial charge is 0.338 e. The van der Waals surface area contributed by atoms with Gasteiger partial charge in [0.05, 0.1) is 0 Å². The van der Waals surface area contributed by atoms with Gasteiger partial charge < -0.3 is 9.88 Å². The molecule has 1 N–H and O–H groups in total. The van der Waals surface area contributed by atoms with Crippen molar-refractivity contribution in [2.75, 3.05) is 6.54 Å². The van der Waals surface area contributed by atoms with E-state index in [4.69, 9.17) is 0 Å². The second-order valence-corrected chi connectivity index (χ2v) is 6.00. The molecule has 0 saturated carbocycles. The smallest absolute Gasteiger partial charge is 0.123 e. The summed E-state index contributed by atoms with van der Waals surface area (Å²) in [4.78, 5) is 4.42. The van der Waals surface area contributed by atoms with Gasteiger partial charge in [-0.15, -0.1) is 0 Å². The number of likely N-dealkylation sites (N-methyl/N-ethyl adjacent to an activating group) is 1. The number of rotatable bonds is 6. The van der Waals surface area contributed by atoms with Crippen LogP contribution in [0.25, 0.3) is 0 Å². The fourth-order valence-corrected chi connectivity index (χ4v) is 2.69. The van der Waals surface area contributed by atoms with Crippen LogP contribution in [-0.4, -0.2) is 22.1 Å². The predicted octanol–water partition coefficient (Wildman–Crippen LogP) is 3.06. The number of aromatic nitrogens is 2. The van der Waals surface area contributed by atoms with Gasteiger partial charge in [0, 0.05) is 37.3 Å². The van der Waals surface area contributed by atoms with Gasteiger partial charge in [0.15, 0.2) is 0 Å². The summed E-state index contributed by atoms with van der Waals surface area (Å²) in [7, 11) is 2.01. The van der Waals surface area contributed by atoms with E-state index in [0.29, 0.717) is 0 Å². The number of halogens is 1. The molecular weight excluding hydrogens is 265 g/mol. The Morgan fingerprint density at radius 2 is 1.95 bits per heavy atom. The molecular formula is C17H24FN3. The standard InChI is InChI=1S/C17H24FN3/c1-5-19-15(12-16-20-10-11-21(16)4)17(2,3)13-6-8-14(18)9-7-13/h6-11,15,19H,5,12H2,1-4H3. The molecule has 4 heteroatoms. The van der Waals surface area contributed by atoms with Crippen molar-refractivity contribution >= 4 is 0 Å². The minimum Gasteiger partial charge on any atom is -0.338 e. The Morgan fingerprint density at radius 3 is 2.48 bits per heavy atom. The van der Waals surface area contributed by atoms with E-state index in [1.54, 1.807) is 0 Å². The first-order valence-corrected chi connectivity index (χ1v) is 7.40. The van der Waals surface area contributed by atoms with Crippen molar-refractivity contribution in [3.05, 3.63) is 53.9 Å². The van der Waals surface area contributed by atoms with Crippen LogP contribution in [0.15, 0.2) is 36.7 Å². The second kappa shape index (κ2) is 6.39. The monoisotopic (exact) mass is 289 g/mol. The lowest BCUT2D eigenvalue weighted by Gasteiger charge is -2.35. The molecule has 0 aliphatic heterocycles. The van der Waals surface area contributed by atoms with Gasteiger partial charge >= 0.3 is 0 Å². The molecule has 1 aromatic heterocycles. The molecule has 1 aromatic carbocycles. The molecule has 1 unspecified atom stereocenters. The van der Waals surface area contributed by atoms with Gasteiger partial charge in [-0.25, -0.2) is 9.37 Å². The first-order chi connectivity index (χ1) is 9.95. The average molecular weight is 289 g/mol. The molecule has 0 spiro atoms. The van der Waals surface area contributed by atoms with Gasteiger partial charge in [0.25, 0.3) is 0 Å². The van der Waals surface area contributed by atoms with Crippen LogP contribution in [0, 0.1) is 5.82 Å². The summed E-state index contributed by atoms with van der Waals surface area (Å²) >= 11 is 0. The lowest BCUT2D eigenvalue weighted by atomic mass is 9.76. The lowest BCUT2D eigenvalue weighted by Crippen LogP contribution is -2.46. The van der Waals surface area contributed by atoms with E-state index in [1.807, 2.05) is 36.1 Å². The molecule has 0 fully saturated rings. The lowest BCUT2D eigenvalue weighted by molar-refractivity contribution is 0.336. The van der Waals surface area contributed by atoms with Crippen molar-refractivity contribution < 1.29 is 4.39 Å². The fraction of sp³-hybridized carbons (Fsp3) is 0.471. The maximum Gasteiger partial charge on any atom is 0.123 e. The third-order valence-corrected chi connectivity index (χ3v) is 4.22. The quantitative estimate of drug-likeness (QED) is 0.886. The van der Waals surface area contributed by atoms with Gasteiger partial charge in [-0.3, -0.25) is 0 Å². The Bertz CT molecular complexity index is 572. The zero-order valence-electron chi connectivity index (χ0n) is 13.2. The van der Waals surface area contributed by atoms with E-state index in [0.717, 1.165) is 24.4 Å². The van der Waals surface area contributed by atoms with Crippen molar-refractivity contribution in [2.45, 2.75) is 38.6 Å². The van der Waals surface area contributed by atoms with Crippen molar-refractivity contribution in [2.24, 2.45) is 7.05 Å². The molecule has 0 aliphatic carbocycles. The number of hydrogen-bond acceptors (Lipinski definition) is 2. The van der Waals surface area contributed by atoms with Crippen LogP contribution in [0.2, 0.25) is 0 Å². The van der Waals surface area contributed by atoms with Crippen LogP contribution in [0.1, 0.15) is 32.2 Å². The molecule has 0 amide bonds.